The van der Waals surface area contributed by atoms with Crippen molar-refractivity contribution in [3.63, 3.8) is 0 Å². The maximum Gasteiger partial charge on any atom is 0.269 e. The normalized spacial score (nSPS) is 10.4. The average Bonchev–Trinajstić information content (AvgIpc) is 3.04. The largest absolute Gasteiger partial charge is 0.305 e. The molecule has 0 fully saturated rings. The van der Waals surface area contributed by atoms with Crippen molar-refractivity contribution >= 4 is 17.4 Å². The number of anilines is 1. The Morgan fingerprint density at radius 3 is 2.44 bits per heavy atom. The van der Waals surface area contributed by atoms with Gasteiger partial charge in [-0.05, 0) is 24.6 Å². The van der Waals surface area contributed by atoms with Crippen molar-refractivity contribution in [3.05, 3.63) is 87.6 Å². The molecule has 0 aliphatic carbocycles. The number of nitro groups is 1. The fourth-order valence-corrected chi connectivity index (χ4v) is 2.32. The fraction of sp³-hybridized carbons (Fsp3) is 0.111. The quantitative estimate of drug-likeness (QED) is 0.571. The molecule has 0 aliphatic heterocycles. The fourth-order valence-electron chi connectivity index (χ4n) is 2.32. The number of aryl methyl sites for hydroxylation is 1. The van der Waals surface area contributed by atoms with Crippen molar-refractivity contribution in [3.8, 4) is 0 Å². The van der Waals surface area contributed by atoms with Crippen LogP contribution in [0.4, 0.5) is 11.5 Å². The maximum atomic E-state index is 12.2. The molecule has 0 bridgehead atoms. The van der Waals surface area contributed by atoms with Gasteiger partial charge in [-0.1, -0.05) is 29.8 Å². The zero-order chi connectivity index (χ0) is 17.8. The van der Waals surface area contributed by atoms with Gasteiger partial charge in [-0.25, -0.2) is 0 Å². The molecule has 0 aliphatic rings. The smallest absolute Gasteiger partial charge is 0.269 e. The summed E-state index contributed by atoms with van der Waals surface area (Å²) in [5.41, 5.74) is 2.58. The first-order valence-corrected chi connectivity index (χ1v) is 7.66. The molecule has 3 rings (SSSR count). The number of rotatable bonds is 5. The lowest BCUT2D eigenvalue weighted by molar-refractivity contribution is -0.384. The number of amides is 1. The SMILES string of the molecule is Cc1ccc(Cn2ccc(NC(=O)c3ccc([N+](=O)[O-])cc3)n2)cc1. The number of non-ortho nitro benzene ring substituents is 1. The van der Waals surface area contributed by atoms with Crippen LogP contribution in [0.3, 0.4) is 0 Å². The maximum absolute atomic E-state index is 12.2. The Morgan fingerprint density at radius 2 is 1.80 bits per heavy atom. The van der Waals surface area contributed by atoms with E-state index in [0.717, 1.165) is 5.56 Å². The van der Waals surface area contributed by atoms with Gasteiger partial charge in [0.2, 0.25) is 0 Å². The average molecular weight is 336 g/mol. The standard InChI is InChI=1S/C18H16N4O3/c1-13-2-4-14(5-3-13)12-21-11-10-17(20-21)19-18(23)15-6-8-16(9-7-15)22(24)25/h2-11H,12H2,1H3,(H,19,20,23). The Morgan fingerprint density at radius 1 is 1.12 bits per heavy atom. The summed E-state index contributed by atoms with van der Waals surface area (Å²) in [6, 6.07) is 15.3. The van der Waals surface area contributed by atoms with Gasteiger partial charge >= 0.3 is 0 Å². The monoisotopic (exact) mass is 336 g/mol. The van der Waals surface area contributed by atoms with Crippen LogP contribution in [0.15, 0.2) is 60.8 Å². The van der Waals surface area contributed by atoms with E-state index in [1.165, 1.54) is 29.8 Å². The number of aromatic nitrogens is 2. The number of carbonyl (C=O) groups excluding carboxylic acids is 1. The molecule has 25 heavy (non-hydrogen) atoms. The summed E-state index contributed by atoms with van der Waals surface area (Å²) < 4.78 is 1.73. The van der Waals surface area contributed by atoms with Crippen molar-refractivity contribution < 1.29 is 9.72 Å². The van der Waals surface area contributed by atoms with Crippen molar-refractivity contribution in [2.24, 2.45) is 0 Å². The highest BCUT2D eigenvalue weighted by Crippen LogP contribution is 2.14. The number of hydrogen-bond acceptors (Lipinski definition) is 4. The van der Waals surface area contributed by atoms with E-state index < -0.39 is 4.92 Å². The van der Waals surface area contributed by atoms with Crippen LogP contribution in [0.1, 0.15) is 21.5 Å². The first-order valence-electron chi connectivity index (χ1n) is 7.66. The third kappa shape index (κ3) is 4.08. The Kier molecular flexibility index (Phi) is 4.56. The van der Waals surface area contributed by atoms with Crippen molar-refractivity contribution in [2.45, 2.75) is 13.5 Å². The van der Waals surface area contributed by atoms with Gasteiger partial charge in [-0.3, -0.25) is 19.6 Å². The second kappa shape index (κ2) is 6.96. The van der Waals surface area contributed by atoms with E-state index in [0.29, 0.717) is 17.9 Å². The van der Waals surface area contributed by atoms with Crippen LogP contribution in [0.2, 0.25) is 0 Å². The molecule has 0 spiro atoms. The van der Waals surface area contributed by atoms with Gasteiger partial charge in [0.25, 0.3) is 11.6 Å². The van der Waals surface area contributed by atoms with Gasteiger partial charge in [0, 0.05) is 30.0 Å². The van der Waals surface area contributed by atoms with Crippen LogP contribution >= 0.6 is 0 Å². The molecule has 0 saturated carbocycles. The Bertz CT molecular complexity index is 899. The lowest BCUT2D eigenvalue weighted by atomic mass is 10.1. The van der Waals surface area contributed by atoms with E-state index >= 15 is 0 Å². The van der Waals surface area contributed by atoms with Gasteiger partial charge < -0.3 is 5.32 Å². The minimum absolute atomic E-state index is 0.0566. The summed E-state index contributed by atoms with van der Waals surface area (Å²) in [6.45, 7) is 2.64. The highest BCUT2D eigenvalue weighted by molar-refractivity contribution is 6.03. The molecule has 1 aromatic heterocycles. The van der Waals surface area contributed by atoms with Gasteiger partial charge in [0.05, 0.1) is 11.5 Å². The van der Waals surface area contributed by atoms with Crippen LogP contribution < -0.4 is 5.32 Å². The molecule has 7 nitrogen and oxygen atoms in total. The van der Waals surface area contributed by atoms with Crippen molar-refractivity contribution in [1.82, 2.24) is 9.78 Å². The molecule has 0 unspecified atom stereocenters. The minimum atomic E-state index is -0.506. The second-order valence-electron chi connectivity index (χ2n) is 5.64. The molecule has 1 heterocycles. The van der Waals surface area contributed by atoms with Crippen LogP contribution in [-0.2, 0) is 6.54 Å². The van der Waals surface area contributed by atoms with Crippen LogP contribution in [0.5, 0.6) is 0 Å². The number of benzene rings is 2. The molecule has 0 saturated heterocycles. The number of nitrogens with zero attached hydrogens (tertiary/aromatic N) is 3. The van der Waals surface area contributed by atoms with E-state index in [9.17, 15) is 14.9 Å². The van der Waals surface area contributed by atoms with Crippen LogP contribution in [-0.4, -0.2) is 20.6 Å². The Labute approximate surface area is 144 Å². The van der Waals surface area contributed by atoms with E-state index in [2.05, 4.69) is 10.4 Å². The van der Waals surface area contributed by atoms with E-state index in [4.69, 9.17) is 0 Å². The van der Waals surface area contributed by atoms with Gasteiger partial charge in [-0.2, -0.15) is 5.10 Å². The number of hydrogen-bond donors (Lipinski definition) is 1. The minimum Gasteiger partial charge on any atom is -0.305 e. The molecule has 1 amide bonds. The molecule has 7 heteroatoms. The highest BCUT2D eigenvalue weighted by Gasteiger charge is 2.11. The molecule has 0 atom stereocenters. The molecule has 2 aromatic carbocycles. The van der Waals surface area contributed by atoms with E-state index in [1.807, 2.05) is 31.2 Å². The van der Waals surface area contributed by atoms with Crippen LogP contribution in [0.25, 0.3) is 0 Å². The summed E-state index contributed by atoms with van der Waals surface area (Å²) in [7, 11) is 0. The summed E-state index contributed by atoms with van der Waals surface area (Å²) in [4.78, 5) is 22.3. The first-order chi connectivity index (χ1) is 12.0. The zero-order valence-electron chi connectivity index (χ0n) is 13.5. The van der Waals surface area contributed by atoms with Crippen LogP contribution in [0, 0.1) is 17.0 Å². The van der Waals surface area contributed by atoms with E-state index in [-0.39, 0.29) is 11.6 Å². The predicted octanol–water partition coefficient (Wildman–Crippen LogP) is 3.40. The zero-order valence-corrected chi connectivity index (χ0v) is 13.5. The number of nitrogens with one attached hydrogen (secondary N) is 1. The summed E-state index contributed by atoms with van der Waals surface area (Å²) >= 11 is 0. The number of carbonyl (C=O) groups is 1. The lowest BCUT2D eigenvalue weighted by Gasteiger charge is -2.04. The molecule has 0 radical (unpaired) electrons. The second-order valence-corrected chi connectivity index (χ2v) is 5.64. The Balaban J connectivity index is 1.65. The first kappa shape index (κ1) is 16.4. The van der Waals surface area contributed by atoms with Crippen molar-refractivity contribution in [1.29, 1.82) is 0 Å². The highest BCUT2D eigenvalue weighted by atomic mass is 16.6. The third-order valence-electron chi connectivity index (χ3n) is 3.69. The summed E-state index contributed by atoms with van der Waals surface area (Å²) in [5, 5.41) is 17.6. The van der Waals surface area contributed by atoms with Crippen molar-refractivity contribution in [2.75, 3.05) is 5.32 Å². The predicted molar refractivity (Wildman–Crippen MR) is 93.6 cm³/mol. The molecular weight excluding hydrogens is 320 g/mol. The Hall–Kier alpha value is -3.48. The molecule has 126 valence electrons. The van der Waals surface area contributed by atoms with Gasteiger partial charge in [0.15, 0.2) is 5.82 Å². The lowest BCUT2D eigenvalue weighted by Crippen LogP contribution is -2.12. The third-order valence-corrected chi connectivity index (χ3v) is 3.69. The number of nitro benzene ring substituents is 1. The van der Waals surface area contributed by atoms with Gasteiger partial charge in [-0.15, -0.1) is 0 Å². The molecule has 3 aromatic rings. The molecular formula is C18H16N4O3. The summed E-state index contributed by atoms with van der Waals surface area (Å²) in [6.07, 6.45) is 1.78. The van der Waals surface area contributed by atoms with E-state index in [1.54, 1.807) is 16.9 Å². The molecule has 1 N–H and O–H groups in total. The topological polar surface area (TPSA) is 90.1 Å². The van der Waals surface area contributed by atoms with Gasteiger partial charge in [0.1, 0.15) is 0 Å². The summed E-state index contributed by atoms with van der Waals surface area (Å²) in [5.74, 6) is 0.0611.